The molecule has 5 nitrogen and oxygen atoms in total. The van der Waals surface area contributed by atoms with Crippen LogP contribution in [0.4, 0.5) is 0 Å². The Morgan fingerprint density at radius 2 is 1.94 bits per heavy atom. The Morgan fingerprint density at radius 3 is 2.59 bits per heavy atom. The zero-order valence-corrected chi connectivity index (χ0v) is 11.2. The summed E-state index contributed by atoms with van der Waals surface area (Å²) in [5, 5.41) is 0. The lowest BCUT2D eigenvalue weighted by Crippen LogP contribution is -2.50. The van der Waals surface area contributed by atoms with Crippen LogP contribution in [-0.4, -0.2) is 45.1 Å². The molecule has 0 aromatic rings. The Morgan fingerprint density at radius 1 is 1.24 bits per heavy atom. The van der Waals surface area contributed by atoms with Crippen LogP contribution in [0.2, 0.25) is 0 Å². The fourth-order valence-corrected chi connectivity index (χ4v) is 4.03. The lowest BCUT2D eigenvalue weighted by molar-refractivity contribution is 0.0721. The molecule has 1 heterocycles. The highest BCUT2D eigenvalue weighted by Crippen LogP contribution is 2.24. The number of nitrogens with one attached hydrogen (secondary N) is 1. The van der Waals surface area contributed by atoms with Crippen LogP contribution in [-0.2, 0) is 14.9 Å². The van der Waals surface area contributed by atoms with E-state index in [4.69, 9.17) is 4.74 Å². The van der Waals surface area contributed by atoms with Gasteiger partial charge in [0.25, 0.3) is 10.2 Å². The van der Waals surface area contributed by atoms with E-state index in [0.29, 0.717) is 32.2 Å². The van der Waals surface area contributed by atoms with Gasteiger partial charge in [0.05, 0.1) is 13.2 Å². The van der Waals surface area contributed by atoms with Crippen molar-refractivity contribution in [3.05, 3.63) is 0 Å². The number of ether oxygens (including phenoxy) is 1. The molecular formula is C11H22N2O3S. The maximum atomic E-state index is 12.1. The molecule has 2 unspecified atom stereocenters. The van der Waals surface area contributed by atoms with Crippen molar-refractivity contribution in [2.75, 3.05) is 26.3 Å². The maximum absolute atomic E-state index is 12.1. The molecule has 17 heavy (non-hydrogen) atoms. The summed E-state index contributed by atoms with van der Waals surface area (Å²) in [5.74, 6) is 0.626. The molecule has 1 N–H and O–H groups in total. The molecule has 0 spiro atoms. The van der Waals surface area contributed by atoms with Gasteiger partial charge in [-0.15, -0.1) is 0 Å². The van der Waals surface area contributed by atoms with Gasteiger partial charge in [0.15, 0.2) is 0 Å². The summed E-state index contributed by atoms with van der Waals surface area (Å²) in [6.07, 6.45) is 4.27. The number of rotatable bonds is 3. The fourth-order valence-electron chi connectivity index (χ4n) is 2.61. The Balaban J connectivity index is 1.91. The molecule has 1 aliphatic heterocycles. The Bertz CT molecular complexity index is 339. The molecule has 0 aromatic carbocycles. The summed E-state index contributed by atoms with van der Waals surface area (Å²) in [5.41, 5.74) is 0. The Hall–Kier alpha value is -0.170. The van der Waals surface area contributed by atoms with E-state index >= 15 is 0 Å². The molecule has 2 aliphatic rings. The lowest BCUT2D eigenvalue weighted by atomic mass is 9.88. The van der Waals surface area contributed by atoms with Gasteiger partial charge in [-0.1, -0.05) is 19.8 Å². The predicted molar refractivity (Wildman–Crippen MR) is 65.9 cm³/mol. The van der Waals surface area contributed by atoms with Gasteiger partial charge in [0.1, 0.15) is 0 Å². The molecule has 0 bridgehead atoms. The minimum atomic E-state index is -3.30. The van der Waals surface area contributed by atoms with Gasteiger partial charge in [0.2, 0.25) is 0 Å². The third-order valence-electron chi connectivity index (χ3n) is 3.56. The van der Waals surface area contributed by atoms with Gasteiger partial charge in [-0.3, -0.25) is 0 Å². The summed E-state index contributed by atoms with van der Waals surface area (Å²) in [7, 11) is -3.30. The average molecular weight is 262 g/mol. The van der Waals surface area contributed by atoms with E-state index in [9.17, 15) is 8.42 Å². The average Bonchev–Trinajstić information content (AvgIpc) is 2.29. The first-order valence-corrected chi connectivity index (χ1v) is 7.87. The van der Waals surface area contributed by atoms with E-state index < -0.39 is 10.2 Å². The van der Waals surface area contributed by atoms with Crippen molar-refractivity contribution in [2.45, 2.75) is 38.6 Å². The van der Waals surface area contributed by atoms with Crippen molar-refractivity contribution >= 4 is 10.2 Å². The van der Waals surface area contributed by atoms with Crippen molar-refractivity contribution in [1.29, 1.82) is 0 Å². The van der Waals surface area contributed by atoms with Crippen LogP contribution >= 0.6 is 0 Å². The van der Waals surface area contributed by atoms with Crippen LogP contribution in [0.1, 0.15) is 32.6 Å². The molecule has 2 atom stereocenters. The van der Waals surface area contributed by atoms with Crippen LogP contribution < -0.4 is 4.72 Å². The Labute approximate surface area is 104 Å². The van der Waals surface area contributed by atoms with E-state index in [1.54, 1.807) is 0 Å². The van der Waals surface area contributed by atoms with E-state index in [1.165, 1.54) is 10.7 Å². The molecule has 1 saturated carbocycles. The lowest BCUT2D eigenvalue weighted by Gasteiger charge is -2.31. The Kier molecular flexibility index (Phi) is 4.41. The first kappa shape index (κ1) is 13.3. The molecule has 2 rings (SSSR count). The molecule has 2 fully saturated rings. The predicted octanol–water partition coefficient (Wildman–Crippen LogP) is 0.732. The van der Waals surface area contributed by atoms with E-state index in [2.05, 4.69) is 11.6 Å². The maximum Gasteiger partial charge on any atom is 0.279 e. The molecular weight excluding hydrogens is 240 g/mol. The largest absolute Gasteiger partial charge is 0.379 e. The van der Waals surface area contributed by atoms with Crippen LogP contribution in [0, 0.1) is 5.92 Å². The highest BCUT2D eigenvalue weighted by molar-refractivity contribution is 7.87. The summed E-state index contributed by atoms with van der Waals surface area (Å²) in [4.78, 5) is 0. The second-order valence-electron chi connectivity index (χ2n) is 5.10. The van der Waals surface area contributed by atoms with Gasteiger partial charge < -0.3 is 4.74 Å². The van der Waals surface area contributed by atoms with Crippen molar-refractivity contribution in [2.24, 2.45) is 5.92 Å². The number of hydrogen-bond acceptors (Lipinski definition) is 3. The van der Waals surface area contributed by atoms with Crippen molar-refractivity contribution in [3.63, 3.8) is 0 Å². The van der Waals surface area contributed by atoms with Crippen molar-refractivity contribution in [1.82, 2.24) is 9.03 Å². The van der Waals surface area contributed by atoms with E-state index in [0.717, 1.165) is 19.3 Å². The smallest absolute Gasteiger partial charge is 0.279 e. The van der Waals surface area contributed by atoms with Gasteiger partial charge in [-0.05, 0) is 18.8 Å². The zero-order valence-electron chi connectivity index (χ0n) is 10.4. The topological polar surface area (TPSA) is 58.6 Å². The standard InChI is InChI=1S/C11H22N2O3S/c1-10-3-2-4-11(9-10)12-17(14,15)13-5-7-16-8-6-13/h10-12H,2-9H2,1H3. The van der Waals surface area contributed by atoms with Gasteiger partial charge in [0, 0.05) is 19.1 Å². The molecule has 0 aromatic heterocycles. The highest BCUT2D eigenvalue weighted by atomic mass is 32.2. The summed E-state index contributed by atoms with van der Waals surface area (Å²) >= 11 is 0. The SMILES string of the molecule is CC1CCCC(NS(=O)(=O)N2CCOCC2)C1. The summed E-state index contributed by atoms with van der Waals surface area (Å²) < 4.78 is 33.7. The summed E-state index contributed by atoms with van der Waals surface area (Å²) in [6, 6.07) is 0.117. The normalized spacial score (nSPS) is 32.5. The zero-order chi connectivity index (χ0) is 12.3. The highest BCUT2D eigenvalue weighted by Gasteiger charge is 2.28. The second kappa shape index (κ2) is 5.65. The third-order valence-corrected chi connectivity index (χ3v) is 5.24. The minimum Gasteiger partial charge on any atom is -0.379 e. The minimum absolute atomic E-state index is 0.117. The quantitative estimate of drug-likeness (QED) is 0.816. The number of hydrogen-bond donors (Lipinski definition) is 1. The van der Waals surface area contributed by atoms with Crippen LogP contribution in [0.5, 0.6) is 0 Å². The number of nitrogens with zero attached hydrogens (tertiary/aromatic N) is 1. The van der Waals surface area contributed by atoms with Crippen LogP contribution in [0.3, 0.4) is 0 Å². The van der Waals surface area contributed by atoms with Gasteiger partial charge >= 0.3 is 0 Å². The molecule has 0 radical (unpaired) electrons. The molecule has 1 aliphatic carbocycles. The van der Waals surface area contributed by atoms with Crippen molar-refractivity contribution < 1.29 is 13.2 Å². The monoisotopic (exact) mass is 262 g/mol. The fraction of sp³-hybridized carbons (Fsp3) is 1.00. The first-order chi connectivity index (χ1) is 8.08. The van der Waals surface area contributed by atoms with Crippen LogP contribution in [0.15, 0.2) is 0 Å². The second-order valence-corrected chi connectivity index (χ2v) is 6.81. The van der Waals surface area contributed by atoms with E-state index in [1.807, 2.05) is 0 Å². The molecule has 1 saturated heterocycles. The van der Waals surface area contributed by atoms with E-state index in [-0.39, 0.29) is 6.04 Å². The first-order valence-electron chi connectivity index (χ1n) is 6.43. The summed E-state index contributed by atoms with van der Waals surface area (Å²) in [6.45, 7) is 4.13. The van der Waals surface area contributed by atoms with Gasteiger partial charge in [-0.25, -0.2) is 0 Å². The molecule has 0 amide bonds. The molecule has 6 heteroatoms. The third kappa shape index (κ3) is 3.64. The van der Waals surface area contributed by atoms with Gasteiger partial charge in [-0.2, -0.15) is 17.4 Å². The van der Waals surface area contributed by atoms with Crippen molar-refractivity contribution in [3.8, 4) is 0 Å². The van der Waals surface area contributed by atoms with Crippen LogP contribution in [0.25, 0.3) is 0 Å². The molecule has 100 valence electrons. The number of morpholine rings is 1.